The Morgan fingerprint density at radius 1 is 1.50 bits per heavy atom. The van der Waals surface area contributed by atoms with E-state index in [-0.39, 0.29) is 0 Å². The minimum Gasteiger partial charge on any atom is -0.379 e. The van der Waals surface area contributed by atoms with Crippen LogP contribution in [0.25, 0.3) is 0 Å². The number of nitrogens with one attached hydrogen (secondary N) is 2. The minimum absolute atomic E-state index is 0.544. The predicted molar refractivity (Wildman–Crippen MR) is 72.3 cm³/mol. The molecule has 1 aliphatic rings. The molecule has 16 heavy (non-hydrogen) atoms. The molecule has 2 unspecified atom stereocenters. The summed E-state index contributed by atoms with van der Waals surface area (Å²) in [5, 5.41) is 7.08. The highest BCUT2D eigenvalue weighted by Gasteiger charge is 2.15. The summed E-state index contributed by atoms with van der Waals surface area (Å²) >= 11 is 1.93. The van der Waals surface area contributed by atoms with Crippen LogP contribution in [-0.2, 0) is 4.74 Å². The van der Waals surface area contributed by atoms with Crippen molar-refractivity contribution in [2.45, 2.75) is 38.3 Å². The molecule has 1 rings (SSSR count). The van der Waals surface area contributed by atoms with Gasteiger partial charge in [0.15, 0.2) is 0 Å². The second kappa shape index (κ2) is 9.28. The molecule has 1 fully saturated rings. The molecule has 1 aliphatic heterocycles. The molecule has 2 N–H and O–H groups in total. The van der Waals surface area contributed by atoms with Crippen LogP contribution in [-0.4, -0.2) is 50.4 Å². The second-order valence-corrected chi connectivity index (χ2v) is 5.50. The van der Waals surface area contributed by atoms with Gasteiger partial charge in [-0.05, 0) is 44.7 Å². The monoisotopic (exact) mass is 246 g/mol. The van der Waals surface area contributed by atoms with Gasteiger partial charge in [-0.15, -0.1) is 0 Å². The molecule has 0 saturated carbocycles. The maximum Gasteiger partial charge on any atom is 0.0620 e. The average Bonchev–Trinajstić information content (AvgIpc) is 2.30. The Morgan fingerprint density at radius 3 is 3.06 bits per heavy atom. The third kappa shape index (κ3) is 6.74. The van der Waals surface area contributed by atoms with E-state index in [9.17, 15) is 0 Å². The standard InChI is InChI=1S/C12H26N2OS/c1-11(13-5-3-4-8-16-2)9-12-10-15-7-6-14-12/h11-14H,3-10H2,1-2H3. The number of ether oxygens (including phenoxy) is 1. The van der Waals surface area contributed by atoms with Crippen LogP contribution in [0, 0.1) is 0 Å². The first-order chi connectivity index (χ1) is 7.83. The van der Waals surface area contributed by atoms with E-state index in [4.69, 9.17) is 4.74 Å². The van der Waals surface area contributed by atoms with Crippen LogP contribution >= 0.6 is 11.8 Å². The van der Waals surface area contributed by atoms with Crippen molar-refractivity contribution in [2.24, 2.45) is 0 Å². The Morgan fingerprint density at radius 2 is 2.38 bits per heavy atom. The first-order valence-electron chi connectivity index (χ1n) is 6.36. The Kier molecular flexibility index (Phi) is 8.29. The van der Waals surface area contributed by atoms with Gasteiger partial charge >= 0.3 is 0 Å². The van der Waals surface area contributed by atoms with Crippen molar-refractivity contribution >= 4 is 11.8 Å². The van der Waals surface area contributed by atoms with Crippen LogP contribution in [0.2, 0.25) is 0 Å². The number of hydrogen-bond donors (Lipinski definition) is 2. The lowest BCUT2D eigenvalue weighted by atomic mass is 10.1. The number of thioether (sulfide) groups is 1. The Bertz CT molecular complexity index is 163. The smallest absolute Gasteiger partial charge is 0.0620 e. The third-order valence-electron chi connectivity index (χ3n) is 2.90. The molecule has 1 saturated heterocycles. The summed E-state index contributed by atoms with van der Waals surface area (Å²) in [4.78, 5) is 0. The average molecular weight is 246 g/mol. The van der Waals surface area contributed by atoms with Gasteiger partial charge in [-0.3, -0.25) is 0 Å². The number of rotatable bonds is 8. The zero-order chi connectivity index (χ0) is 11.6. The zero-order valence-corrected chi connectivity index (χ0v) is 11.4. The van der Waals surface area contributed by atoms with Gasteiger partial charge < -0.3 is 15.4 Å². The molecule has 0 aromatic rings. The van der Waals surface area contributed by atoms with Crippen molar-refractivity contribution in [3.8, 4) is 0 Å². The number of hydrogen-bond acceptors (Lipinski definition) is 4. The summed E-state index contributed by atoms with van der Waals surface area (Å²) in [5.41, 5.74) is 0. The van der Waals surface area contributed by atoms with E-state index in [0.717, 1.165) is 26.3 Å². The first kappa shape index (κ1) is 14.3. The largest absolute Gasteiger partial charge is 0.379 e. The fourth-order valence-corrected chi connectivity index (χ4v) is 2.49. The Hall–Kier alpha value is 0.230. The molecule has 3 nitrogen and oxygen atoms in total. The molecular weight excluding hydrogens is 220 g/mol. The van der Waals surface area contributed by atoms with Gasteiger partial charge in [0.1, 0.15) is 0 Å². The summed E-state index contributed by atoms with van der Waals surface area (Å²) in [5.74, 6) is 1.29. The van der Waals surface area contributed by atoms with Gasteiger partial charge in [-0.1, -0.05) is 0 Å². The van der Waals surface area contributed by atoms with E-state index in [1.54, 1.807) is 0 Å². The van der Waals surface area contributed by atoms with Crippen molar-refractivity contribution in [3.05, 3.63) is 0 Å². The SMILES string of the molecule is CSCCCCNC(C)CC1COCCN1. The Labute approximate surface area is 104 Å². The number of morpholine rings is 1. The molecule has 4 heteroatoms. The third-order valence-corrected chi connectivity index (χ3v) is 3.60. The zero-order valence-electron chi connectivity index (χ0n) is 10.6. The molecule has 0 aromatic carbocycles. The van der Waals surface area contributed by atoms with Crippen molar-refractivity contribution in [3.63, 3.8) is 0 Å². The molecule has 0 aromatic heterocycles. The quantitative estimate of drug-likeness (QED) is 0.636. The normalized spacial score (nSPS) is 23.2. The van der Waals surface area contributed by atoms with E-state index < -0.39 is 0 Å². The van der Waals surface area contributed by atoms with Gasteiger partial charge in [-0.2, -0.15) is 11.8 Å². The molecule has 0 spiro atoms. The van der Waals surface area contributed by atoms with Gasteiger partial charge in [0.25, 0.3) is 0 Å². The van der Waals surface area contributed by atoms with Crippen LogP contribution in [0.3, 0.4) is 0 Å². The Balaban J connectivity index is 1.95. The summed E-state index contributed by atoms with van der Waals surface area (Å²) in [7, 11) is 0. The van der Waals surface area contributed by atoms with Crippen LogP contribution in [0.5, 0.6) is 0 Å². The molecule has 0 bridgehead atoms. The van der Waals surface area contributed by atoms with Crippen molar-refractivity contribution in [2.75, 3.05) is 38.3 Å². The summed E-state index contributed by atoms with van der Waals surface area (Å²) in [6.07, 6.45) is 5.96. The van der Waals surface area contributed by atoms with Gasteiger partial charge in [0, 0.05) is 18.6 Å². The van der Waals surface area contributed by atoms with Gasteiger partial charge in [0.2, 0.25) is 0 Å². The predicted octanol–water partition coefficient (Wildman–Crippen LogP) is 1.49. The molecule has 0 amide bonds. The summed E-state index contributed by atoms with van der Waals surface area (Å²) in [6, 6.07) is 1.14. The van der Waals surface area contributed by atoms with Gasteiger partial charge in [0.05, 0.1) is 13.2 Å². The lowest BCUT2D eigenvalue weighted by Crippen LogP contribution is -2.45. The van der Waals surface area contributed by atoms with E-state index in [2.05, 4.69) is 23.8 Å². The maximum atomic E-state index is 5.45. The molecule has 2 atom stereocenters. The molecular formula is C12H26N2OS. The van der Waals surface area contributed by atoms with E-state index in [1.165, 1.54) is 25.0 Å². The first-order valence-corrected chi connectivity index (χ1v) is 7.75. The lowest BCUT2D eigenvalue weighted by molar-refractivity contribution is 0.0712. The van der Waals surface area contributed by atoms with E-state index >= 15 is 0 Å². The van der Waals surface area contributed by atoms with Crippen molar-refractivity contribution in [1.82, 2.24) is 10.6 Å². The van der Waals surface area contributed by atoms with Gasteiger partial charge in [-0.25, -0.2) is 0 Å². The minimum atomic E-state index is 0.544. The molecule has 0 aliphatic carbocycles. The van der Waals surface area contributed by atoms with Crippen molar-refractivity contribution in [1.29, 1.82) is 0 Å². The fourth-order valence-electron chi connectivity index (χ4n) is 2.00. The highest BCUT2D eigenvalue weighted by atomic mass is 32.2. The molecule has 0 radical (unpaired) electrons. The summed E-state index contributed by atoms with van der Waals surface area (Å²) < 4.78 is 5.45. The lowest BCUT2D eigenvalue weighted by Gasteiger charge is -2.26. The van der Waals surface area contributed by atoms with Crippen LogP contribution in [0.15, 0.2) is 0 Å². The topological polar surface area (TPSA) is 33.3 Å². The van der Waals surface area contributed by atoms with E-state index in [0.29, 0.717) is 12.1 Å². The highest BCUT2D eigenvalue weighted by molar-refractivity contribution is 7.98. The van der Waals surface area contributed by atoms with Crippen LogP contribution in [0.1, 0.15) is 26.2 Å². The number of unbranched alkanes of at least 4 members (excludes halogenated alkanes) is 1. The van der Waals surface area contributed by atoms with Crippen molar-refractivity contribution < 1.29 is 4.74 Å². The highest BCUT2D eigenvalue weighted by Crippen LogP contribution is 2.03. The second-order valence-electron chi connectivity index (χ2n) is 4.52. The maximum absolute atomic E-state index is 5.45. The van der Waals surface area contributed by atoms with E-state index in [1.807, 2.05) is 11.8 Å². The fraction of sp³-hybridized carbons (Fsp3) is 1.00. The van der Waals surface area contributed by atoms with Crippen LogP contribution < -0.4 is 10.6 Å². The molecule has 1 heterocycles. The van der Waals surface area contributed by atoms with Crippen LogP contribution in [0.4, 0.5) is 0 Å². The molecule has 96 valence electrons. The summed E-state index contributed by atoms with van der Waals surface area (Å²) in [6.45, 7) is 6.16.